The molecule has 0 atom stereocenters. The summed E-state index contributed by atoms with van der Waals surface area (Å²) in [6.45, 7) is 0. The van der Waals surface area contributed by atoms with E-state index in [4.69, 9.17) is 20.5 Å². The van der Waals surface area contributed by atoms with Crippen LogP contribution >= 0.6 is 0 Å². The van der Waals surface area contributed by atoms with Crippen LogP contribution in [0.1, 0.15) is 5.56 Å². The van der Waals surface area contributed by atoms with Crippen LogP contribution in [0.4, 0.5) is 10.1 Å². The predicted octanol–water partition coefficient (Wildman–Crippen LogP) is 3.08. The van der Waals surface area contributed by atoms with E-state index < -0.39 is 5.82 Å². The molecule has 0 spiro atoms. The maximum absolute atomic E-state index is 13.4. The van der Waals surface area contributed by atoms with Crippen LogP contribution < -0.4 is 15.2 Å². The molecular formula is C14H11FN2O2. The van der Waals surface area contributed by atoms with E-state index in [0.29, 0.717) is 17.2 Å². The van der Waals surface area contributed by atoms with Gasteiger partial charge in [0.15, 0.2) is 0 Å². The first-order chi connectivity index (χ1) is 9.15. The molecule has 0 bridgehead atoms. The summed E-state index contributed by atoms with van der Waals surface area (Å²) in [5.41, 5.74) is 6.01. The minimum Gasteiger partial charge on any atom is -0.494 e. The third kappa shape index (κ3) is 2.58. The van der Waals surface area contributed by atoms with E-state index in [-0.39, 0.29) is 11.3 Å². The number of hydrogen-bond donors (Lipinski definition) is 1. The maximum atomic E-state index is 13.4. The number of nitrogens with zero attached hydrogens (tertiary/aromatic N) is 1. The lowest BCUT2D eigenvalue weighted by molar-refractivity contribution is 0.411. The minimum atomic E-state index is -0.623. The number of nitrogen functional groups attached to an aromatic ring is 1. The van der Waals surface area contributed by atoms with Crippen molar-refractivity contribution in [1.29, 1.82) is 5.26 Å². The number of benzene rings is 2. The quantitative estimate of drug-likeness (QED) is 0.859. The Morgan fingerprint density at radius 2 is 2.00 bits per heavy atom. The number of halogens is 1. The van der Waals surface area contributed by atoms with E-state index in [1.165, 1.54) is 25.3 Å². The smallest absolute Gasteiger partial charge is 0.148 e. The summed E-state index contributed by atoms with van der Waals surface area (Å²) in [5, 5.41) is 8.91. The average molecular weight is 258 g/mol. The monoisotopic (exact) mass is 258 g/mol. The first kappa shape index (κ1) is 12.7. The van der Waals surface area contributed by atoms with Gasteiger partial charge >= 0.3 is 0 Å². The second kappa shape index (κ2) is 5.27. The molecule has 0 aliphatic carbocycles. The fourth-order valence-corrected chi connectivity index (χ4v) is 1.58. The topological polar surface area (TPSA) is 68.3 Å². The zero-order chi connectivity index (χ0) is 13.8. The summed E-state index contributed by atoms with van der Waals surface area (Å²) in [4.78, 5) is 0. The van der Waals surface area contributed by atoms with Crippen molar-refractivity contribution in [1.82, 2.24) is 0 Å². The van der Waals surface area contributed by atoms with Crippen LogP contribution in [-0.4, -0.2) is 7.11 Å². The van der Waals surface area contributed by atoms with Crippen molar-refractivity contribution < 1.29 is 13.9 Å². The van der Waals surface area contributed by atoms with E-state index in [2.05, 4.69) is 0 Å². The van der Waals surface area contributed by atoms with Gasteiger partial charge in [0.2, 0.25) is 0 Å². The maximum Gasteiger partial charge on any atom is 0.148 e. The van der Waals surface area contributed by atoms with Crippen LogP contribution in [0.3, 0.4) is 0 Å². The molecule has 96 valence electrons. The molecule has 0 radical (unpaired) electrons. The molecule has 0 saturated carbocycles. The van der Waals surface area contributed by atoms with Gasteiger partial charge < -0.3 is 15.2 Å². The van der Waals surface area contributed by atoms with Crippen molar-refractivity contribution in [2.24, 2.45) is 0 Å². The van der Waals surface area contributed by atoms with E-state index >= 15 is 0 Å². The highest BCUT2D eigenvalue weighted by Crippen LogP contribution is 2.31. The van der Waals surface area contributed by atoms with Gasteiger partial charge in [-0.1, -0.05) is 6.07 Å². The molecule has 2 rings (SSSR count). The summed E-state index contributed by atoms with van der Waals surface area (Å²) in [6, 6.07) is 10.8. The lowest BCUT2D eigenvalue weighted by Crippen LogP contribution is -1.95. The van der Waals surface area contributed by atoms with Gasteiger partial charge in [0, 0.05) is 6.07 Å². The molecule has 0 aliphatic heterocycles. The van der Waals surface area contributed by atoms with E-state index in [9.17, 15) is 4.39 Å². The Morgan fingerprint density at radius 3 is 2.68 bits per heavy atom. The number of ether oxygens (including phenoxy) is 2. The first-order valence-electron chi connectivity index (χ1n) is 5.45. The van der Waals surface area contributed by atoms with Crippen molar-refractivity contribution >= 4 is 5.69 Å². The Bertz CT molecular complexity index is 650. The van der Waals surface area contributed by atoms with Gasteiger partial charge in [-0.25, -0.2) is 4.39 Å². The van der Waals surface area contributed by atoms with Crippen molar-refractivity contribution in [2.75, 3.05) is 12.8 Å². The van der Waals surface area contributed by atoms with E-state index in [0.717, 1.165) is 0 Å². The number of rotatable bonds is 3. The van der Waals surface area contributed by atoms with Crippen molar-refractivity contribution in [3.05, 3.63) is 47.8 Å². The SMILES string of the molecule is COc1cc(Oc2cccc(F)c2C#N)ccc1N. The van der Waals surface area contributed by atoms with Crippen molar-refractivity contribution in [2.45, 2.75) is 0 Å². The molecule has 5 heteroatoms. The normalized spacial score (nSPS) is 9.74. The van der Waals surface area contributed by atoms with Gasteiger partial charge in [0.1, 0.15) is 34.7 Å². The zero-order valence-corrected chi connectivity index (χ0v) is 10.2. The van der Waals surface area contributed by atoms with Crippen LogP contribution in [0.5, 0.6) is 17.2 Å². The predicted molar refractivity (Wildman–Crippen MR) is 68.6 cm³/mol. The molecule has 0 unspecified atom stereocenters. The number of anilines is 1. The number of nitrogens with two attached hydrogens (primary N) is 1. The van der Waals surface area contributed by atoms with Crippen molar-refractivity contribution in [3.8, 4) is 23.3 Å². The number of nitriles is 1. The molecule has 4 nitrogen and oxygen atoms in total. The van der Waals surface area contributed by atoms with Crippen LogP contribution in [0.25, 0.3) is 0 Å². The summed E-state index contributed by atoms with van der Waals surface area (Å²) in [5.74, 6) is 0.386. The Morgan fingerprint density at radius 1 is 1.21 bits per heavy atom. The third-order valence-electron chi connectivity index (χ3n) is 2.52. The molecule has 0 aromatic heterocycles. The average Bonchev–Trinajstić information content (AvgIpc) is 2.41. The molecule has 2 aromatic carbocycles. The first-order valence-corrected chi connectivity index (χ1v) is 5.45. The summed E-state index contributed by atoms with van der Waals surface area (Å²) < 4.78 is 24.0. The van der Waals surface area contributed by atoms with Gasteiger partial charge in [-0.05, 0) is 24.3 Å². The lowest BCUT2D eigenvalue weighted by Gasteiger charge is -2.10. The second-order valence-electron chi connectivity index (χ2n) is 3.73. The number of methoxy groups -OCH3 is 1. The molecule has 2 N–H and O–H groups in total. The molecule has 0 amide bonds. The molecule has 0 fully saturated rings. The second-order valence-corrected chi connectivity index (χ2v) is 3.73. The number of hydrogen-bond acceptors (Lipinski definition) is 4. The Kier molecular flexibility index (Phi) is 3.53. The Labute approximate surface area is 109 Å². The molecule has 19 heavy (non-hydrogen) atoms. The van der Waals surface area contributed by atoms with E-state index in [1.54, 1.807) is 24.3 Å². The largest absolute Gasteiger partial charge is 0.494 e. The Hall–Kier alpha value is -2.74. The summed E-state index contributed by atoms with van der Waals surface area (Å²) in [7, 11) is 1.48. The summed E-state index contributed by atoms with van der Waals surface area (Å²) >= 11 is 0. The molecule has 0 heterocycles. The standard InChI is InChI=1S/C14H11FN2O2/c1-18-14-7-9(5-6-12(14)17)19-13-4-2-3-11(15)10(13)8-16/h2-7H,17H2,1H3. The third-order valence-corrected chi connectivity index (χ3v) is 2.52. The van der Waals surface area contributed by atoms with Gasteiger partial charge in [0.25, 0.3) is 0 Å². The molecule has 0 aliphatic rings. The fourth-order valence-electron chi connectivity index (χ4n) is 1.58. The van der Waals surface area contributed by atoms with Crippen LogP contribution in [0.15, 0.2) is 36.4 Å². The van der Waals surface area contributed by atoms with Crippen LogP contribution in [-0.2, 0) is 0 Å². The minimum absolute atomic E-state index is 0.140. The van der Waals surface area contributed by atoms with Crippen LogP contribution in [0.2, 0.25) is 0 Å². The lowest BCUT2D eigenvalue weighted by atomic mass is 10.2. The molecular weight excluding hydrogens is 247 g/mol. The van der Waals surface area contributed by atoms with Crippen LogP contribution in [0, 0.1) is 17.1 Å². The summed E-state index contributed by atoms with van der Waals surface area (Å²) in [6.07, 6.45) is 0. The Balaban J connectivity index is 2.37. The highest BCUT2D eigenvalue weighted by molar-refractivity contribution is 5.56. The fraction of sp³-hybridized carbons (Fsp3) is 0.0714. The van der Waals surface area contributed by atoms with Gasteiger partial charge in [0.05, 0.1) is 12.8 Å². The molecule has 0 saturated heterocycles. The van der Waals surface area contributed by atoms with E-state index in [1.807, 2.05) is 0 Å². The van der Waals surface area contributed by atoms with Gasteiger partial charge in [-0.2, -0.15) is 5.26 Å². The zero-order valence-electron chi connectivity index (χ0n) is 10.2. The highest BCUT2D eigenvalue weighted by Gasteiger charge is 2.10. The highest BCUT2D eigenvalue weighted by atomic mass is 19.1. The van der Waals surface area contributed by atoms with Gasteiger partial charge in [-0.15, -0.1) is 0 Å². The van der Waals surface area contributed by atoms with Crippen molar-refractivity contribution in [3.63, 3.8) is 0 Å². The molecule has 2 aromatic rings. The van der Waals surface area contributed by atoms with Gasteiger partial charge in [-0.3, -0.25) is 0 Å².